The van der Waals surface area contributed by atoms with Gasteiger partial charge in [0.15, 0.2) is 0 Å². The van der Waals surface area contributed by atoms with E-state index in [0.29, 0.717) is 11.1 Å². The lowest BCUT2D eigenvalue weighted by Gasteiger charge is -2.08. The molecule has 2 heterocycles. The Bertz CT molecular complexity index is 622. The summed E-state index contributed by atoms with van der Waals surface area (Å²) in [5, 5.41) is 0. The van der Waals surface area contributed by atoms with Crippen molar-refractivity contribution in [3.8, 4) is 0 Å². The molecule has 0 aliphatic carbocycles. The monoisotopic (exact) mass is 292 g/mol. The fraction of sp³-hybridized carbons (Fsp3) is 0.267. The van der Waals surface area contributed by atoms with E-state index in [1.54, 1.807) is 30.4 Å². The summed E-state index contributed by atoms with van der Waals surface area (Å²) in [6, 6.07) is 6.57. The van der Waals surface area contributed by atoms with Gasteiger partial charge in [0.25, 0.3) is 0 Å². The molecule has 0 atom stereocenters. The van der Waals surface area contributed by atoms with Gasteiger partial charge in [0.05, 0.1) is 4.88 Å². The third-order valence-electron chi connectivity index (χ3n) is 3.27. The molecule has 3 rings (SSSR count). The quantitative estimate of drug-likeness (QED) is 0.771. The molecule has 0 bridgehead atoms. The second kappa shape index (κ2) is 5.10. The Balaban J connectivity index is 1.95. The first-order valence-electron chi connectivity index (χ1n) is 6.15. The number of aryl methyl sites for hydroxylation is 2. The van der Waals surface area contributed by atoms with Gasteiger partial charge in [-0.2, -0.15) is 11.8 Å². The highest BCUT2D eigenvalue weighted by Gasteiger charge is 2.18. The molecule has 1 aliphatic rings. The van der Waals surface area contributed by atoms with Crippen LogP contribution in [0.5, 0.6) is 0 Å². The predicted molar refractivity (Wildman–Crippen MR) is 78.8 cm³/mol. The number of benzene rings is 1. The zero-order chi connectivity index (χ0) is 13.4. The van der Waals surface area contributed by atoms with Gasteiger partial charge in [0.2, 0.25) is 5.78 Å². The molecule has 1 aromatic carbocycles. The number of thiophene rings is 1. The van der Waals surface area contributed by atoms with Crippen molar-refractivity contribution in [3.63, 3.8) is 0 Å². The van der Waals surface area contributed by atoms with Gasteiger partial charge in [-0.25, -0.2) is 4.39 Å². The van der Waals surface area contributed by atoms with E-state index >= 15 is 0 Å². The van der Waals surface area contributed by atoms with Gasteiger partial charge in [0.1, 0.15) is 5.82 Å². The van der Waals surface area contributed by atoms with Crippen molar-refractivity contribution in [2.24, 2.45) is 0 Å². The summed E-state index contributed by atoms with van der Waals surface area (Å²) in [5.74, 6) is 1.88. The maximum Gasteiger partial charge on any atom is 0.202 e. The molecule has 0 saturated heterocycles. The van der Waals surface area contributed by atoms with Crippen LogP contribution < -0.4 is 0 Å². The minimum Gasteiger partial charge on any atom is -0.288 e. The fourth-order valence-electron chi connectivity index (χ4n) is 2.19. The molecule has 0 fully saturated rings. The normalized spacial score (nSPS) is 14.2. The number of carbonyl (C=O) groups excluding carboxylic acids is 1. The van der Waals surface area contributed by atoms with E-state index in [2.05, 4.69) is 0 Å². The molecule has 19 heavy (non-hydrogen) atoms. The maximum atomic E-state index is 13.2. The number of rotatable bonds is 2. The summed E-state index contributed by atoms with van der Waals surface area (Å²) < 4.78 is 13.2. The Labute approximate surface area is 119 Å². The van der Waals surface area contributed by atoms with Gasteiger partial charge in [-0.3, -0.25) is 4.79 Å². The van der Waals surface area contributed by atoms with Crippen LogP contribution in [0.25, 0.3) is 0 Å². The van der Waals surface area contributed by atoms with Crippen LogP contribution in [0.1, 0.15) is 31.2 Å². The number of fused-ring (bicyclic) bond motifs is 1. The third kappa shape index (κ3) is 2.47. The van der Waals surface area contributed by atoms with Crippen LogP contribution in [0.2, 0.25) is 0 Å². The lowest BCUT2D eigenvalue weighted by atomic mass is 10.1. The van der Waals surface area contributed by atoms with Gasteiger partial charge in [-0.05, 0) is 54.5 Å². The molecule has 0 N–H and O–H groups in total. The number of halogens is 1. The number of carbonyl (C=O) groups is 1. The Morgan fingerprint density at radius 2 is 2.16 bits per heavy atom. The third-order valence-corrected chi connectivity index (χ3v) is 5.52. The predicted octanol–water partition coefficient (Wildman–Crippen LogP) is 4.22. The highest BCUT2D eigenvalue weighted by atomic mass is 32.2. The molecule has 1 nitrogen and oxygen atoms in total. The topological polar surface area (TPSA) is 17.1 Å². The average molecular weight is 292 g/mol. The van der Waals surface area contributed by atoms with Gasteiger partial charge in [-0.15, -0.1) is 11.3 Å². The zero-order valence-electron chi connectivity index (χ0n) is 10.5. The summed E-state index contributed by atoms with van der Waals surface area (Å²) in [5.41, 5.74) is 2.39. The summed E-state index contributed by atoms with van der Waals surface area (Å²) >= 11 is 3.50. The van der Waals surface area contributed by atoms with Crippen LogP contribution in [0, 0.1) is 12.7 Å². The first kappa shape index (κ1) is 12.9. The van der Waals surface area contributed by atoms with Crippen LogP contribution in [0.3, 0.4) is 0 Å². The second-order valence-corrected chi connectivity index (χ2v) is 6.90. The molecule has 1 aliphatic heterocycles. The first-order chi connectivity index (χ1) is 9.15. The summed E-state index contributed by atoms with van der Waals surface area (Å²) in [6.07, 6.45) is 1.06. The van der Waals surface area contributed by atoms with Crippen molar-refractivity contribution in [2.75, 3.05) is 5.75 Å². The maximum absolute atomic E-state index is 13.2. The van der Waals surface area contributed by atoms with Crippen molar-refractivity contribution >= 4 is 28.9 Å². The fourth-order valence-corrected chi connectivity index (χ4v) is 4.52. The van der Waals surface area contributed by atoms with Crippen LogP contribution in [-0.4, -0.2) is 11.5 Å². The molecule has 0 spiro atoms. The van der Waals surface area contributed by atoms with E-state index in [9.17, 15) is 9.18 Å². The molecule has 0 radical (unpaired) electrons. The number of hydrogen-bond donors (Lipinski definition) is 0. The summed E-state index contributed by atoms with van der Waals surface area (Å²) in [6.45, 7) is 1.68. The van der Waals surface area contributed by atoms with E-state index in [0.717, 1.165) is 22.8 Å². The van der Waals surface area contributed by atoms with E-state index in [-0.39, 0.29) is 11.6 Å². The number of ketones is 1. The molecular weight excluding hydrogens is 279 g/mol. The Kier molecular flexibility index (Phi) is 3.46. The average Bonchev–Trinajstić information content (AvgIpc) is 2.85. The van der Waals surface area contributed by atoms with E-state index in [1.807, 2.05) is 17.8 Å². The Morgan fingerprint density at radius 3 is 2.89 bits per heavy atom. The minimum absolute atomic E-state index is 0.00694. The molecule has 98 valence electrons. The van der Waals surface area contributed by atoms with E-state index in [1.165, 1.54) is 16.5 Å². The minimum atomic E-state index is -0.265. The molecular formula is C15H13FOS2. The van der Waals surface area contributed by atoms with Crippen molar-refractivity contribution in [1.29, 1.82) is 0 Å². The number of thioether (sulfide) groups is 1. The van der Waals surface area contributed by atoms with Gasteiger partial charge >= 0.3 is 0 Å². The summed E-state index contributed by atoms with van der Waals surface area (Å²) in [7, 11) is 0. The second-order valence-electron chi connectivity index (χ2n) is 4.65. The largest absolute Gasteiger partial charge is 0.288 e. The SMILES string of the molecule is Cc1cc(C(=O)c2cc3c(s2)CCSC3)ccc1F. The van der Waals surface area contributed by atoms with Crippen LogP contribution >= 0.6 is 23.1 Å². The van der Waals surface area contributed by atoms with Crippen LogP contribution in [0.15, 0.2) is 24.3 Å². The zero-order valence-corrected chi connectivity index (χ0v) is 12.2. The molecule has 4 heteroatoms. The standard InChI is InChI=1S/C15H13FOS2/c1-9-6-10(2-3-12(9)16)15(17)14-7-11-8-18-5-4-13(11)19-14/h2-3,6-7H,4-5,8H2,1H3. The lowest BCUT2D eigenvalue weighted by Crippen LogP contribution is -1.99. The molecule has 0 saturated carbocycles. The Morgan fingerprint density at radius 1 is 1.32 bits per heavy atom. The highest BCUT2D eigenvalue weighted by Crippen LogP contribution is 2.32. The highest BCUT2D eigenvalue weighted by molar-refractivity contribution is 7.98. The van der Waals surface area contributed by atoms with Gasteiger partial charge < -0.3 is 0 Å². The van der Waals surface area contributed by atoms with Crippen molar-refractivity contribution in [2.45, 2.75) is 19.1 Å². The molecule has 2 aromatic rings. The van der Waals surface area contributed by atoms with Gasteiger partial charge in [0, 0.05) is 16.2 Å². The van der Waals surface area contributed by atoms with Crippen molar-refractivity contribution in [3.05, 3.63) is 56.5 Å². The Hall–Kier alpha value is -1.13. The van der Waals surface area contributed by atoms with Crippen LogP contribution in [0.4, 0.5) is 4.39 Å². The molecule has 0 unspecified atom stereocenters. The summed E-state index contributed by atoms with van der Waals surface area (Å²) in [4.78, 5) is 14.5. The lowest BCUT2D eigenvalue weighted by molar-refractivity contribution is 0.104. The van der Waals surface area contributed by atoms with Gasteiger partial charge in [-0.1, -0.05) is 0 Å². The smallest absolute Gasteiger partial charge is 0.202 e. The van der Waals surface area contributed by atoms with E-state index < -0.39 is 0 Å². The van der Waals surface area contributed by atoms with E-state index in [4.69, 9.17) is 0 Å². The molecule has 1 aromatic heterocycles. The van der Waals surface area contributed by atoms with Crippen molar-refractivity contribution < 1.29 is 9.18 Å². The number of hydrogen-bond acceptors (Lipinski definition) is 3. The first-order valence-corrected chi connectivity index (χ1v) is 8.12. The van der Waals surface area contributed by atoms with Crippen molar-refractivity contribution in [1.82, 2.24) is 0 Å². The van der Waals surface area contributed by atoms with Crippen LogP contribution in [-0.2, 0) is 12.2 Å². The molecule has 0 amide bonds.